The average molecular weight is 378 g/mol. The fourth-order valence-electron chi connectivity index (χ4n) is 2.71. The van der Waals surface area contributed by atoms with Crippen molar-refractivity contribution in [3.63, 3.8) is 0 Å². The van der Waals surface area contributed by atoms with Crippen LogP contribution >= 0.6 is 0 Å². The Labute approximate surface area is 161 Å². The van der Waals surface area contributed by atoms with Gasteiger partial charge in [0.15, 0.2) is 6.10 Å². The van der Waals surface area contributed by atoms with Crippen LogP contribution in [0.2, 0.25) is 0 Å². The van der Waals surface area contributed by atoms with Gasteiger partial charge in [-0.25, -0.2) is 14.2 Å². The number of rotatable bonds is 6. The number of carbonyl (C=O) groups excluding carboxylic acids is 2. The molecule has 142 valence electrons. The lowest BCUT2D eigenvalue weighted by Gasteiger charge is -2.14. The van der Waals surface area contributed by atoms with E-state index in [-0.39, 0.29) is 17.9 Å². The van der Waals surface area contributed by atoms with Gasteiger partial charge in [0.25, 0.3) is 5.91 Å². The first-order valence-electron chi connectivity index (χ1n) is 8.75. The maximum Gasteiger partial charge on any atom is 0.339 e. The Kier molecular flexibility index (Phi) is 5.79. The smallest absolute Gasteiger partial charge is 0.339 e. The highest BCUT2D eigenvalue weighted by molar-refractivity contribution is 6.05. The summed E-state index contributed by atoms with van der Waals surface area (Å²) in [5.41, 5.74) is 2.06. The molecule has 28 heavy (non-hydrogen) atoms. The molecule has 0 aliphatic heterocycles. The Hall–Kier alpha value is -3.54. The Balaban J connectivity index is 1.97. The molecule has 5 nitrogen and oxygen atoms in total. The molecule has 6 heteroatoms. The molecule has 1 unspecified atom stereocenters. The van der Waals surface area contributed by atoms with Gasteiger partial charge in [0.2, 0.25) is 0 Å². The highest BCUT2D eigenvalue weighted by Crippen LogP contribution is 2.26. The number of benzene rings is 2. The highest BCUT2D eigenvalue weighted by Gasteiger charge is 2.21. The van der Waals surface area contributed by atoms with Crippen molar-refractivity contribution >= 4 is 22.8 Å². The van der Waals surface area contributed by atoms with Crippen LogP contribution < -0.4 is 5.32 Å². The molecule has 1 heterocycles. The van der Waals surface area contributed by atoms with Gasteiger partial charge in [0.05, 0.1) is 16.8 Å². The Morgan fingerprint density at radius 2 is 1.93 bits per heavy atom. The molecule has 0 fully saturated rings. The minimum atomic E-state index is -0.964. The molecule has 0 saturated carbocycles. The van der Waals surface area contributed by atoms with E-state index in [9.17, 15) is 14.0 Å². The van der Waals surface area contributed by atoms with Crippen LogP contribution in [0.15, 0.2) is 67.3 Å². The molecular formula is C22H19FN2O3. The lowest BCUT2D eigenvalue weighted by atomic mass is 10.0. The van der Waals surface area contributed by atoms with Gasteiger partial charge in [0, 0.05) is 17.5 Å². The van der Waals surface area contributed by atoms with Gasteiger partial charge < -0.3 is 10.1 Å². The number of pyridine rings is 1. The zero-order valence-electron chi connectivity index (χ0n) is 15.3. The van der Waals surface area contributed by atoms with Gasteiger partial charge in [-0.15, -0.1) is 6.58 Å². The Morgan fingerprint density at radius 1 is 1.21 bits per heavy atom. The van der Waals surface area contributed by atoms with Crippen molar-refractivity contribution in [3.8, 4) is 11.3 Å². The van der Waals surface area contributed by atoms with E-state index < -0.39 is 18.0 Å². The molecule has 3 aromatic rings. The molecule has 1 amide bonds. The van der Waals surface area contributed by atoms with E-state index in [0.29, 0.717) is 22.2 Å². The minimum absolute atomic E-state index is 0.285. The number of para-hydroxylation sites is 1. The van der Waals surface area contributed by atoms with E-state index in [1.54, 1.807) is 36.4 Å². The van der Waals surface area contributed by atoms with Gasteiger partial charge in [-0.05, 0) is 43.3 Å². The van der Waals surface area contributed by atoms with Crippen molar-refractivity contribution in [3.05, 3.63) is 78.6 Å². The molecule has 1 N–H and O–H groups in total. The summed E-state index contributed by atoms with van der Waals surface area (Å²) in [7, 11) is 0. The van der Waals surface area contributed by atoms with E-state index in [4.69, 9.17) is 4.74 Å². The monoisotopic (exact) mass is 378 g/mol. The van der Waals surface area contributed by atoms with Crippen molar-refractivity contribution < 1.29 is 18.7 Å². The highest BCUT2D eigenvalue weighted by atomic mass is 19.1. The first-order chi connectivity index (χ1) is 13.5. The number of ether oxygens (including phenoxy) is 1. The van der Waals surface area contributed by atoms with Crippen molar-refractivity contribution in [2.24, 2.45) is 0 Å². The number of amides is 1. The maximum atomic E-state index is 13.2. The second kappa shape index (κ2) is 8.43. The second-order valence-corrected chi connectivity index (χ2v) is 6.16. The van der Waals surface area contributed by atoms with Gasteiger partial charge in [-0.3, -0.25) is 4.79 Å². The predicted octanol–water partition coefficient (Wildman–Crippen LogP) is 3.89. The van der Waals surface area contributed by atoms with Crippen LogP contribution in [-0.4, -0.2) is 29.5 Å². The van der Waals surface area contributed by atoms with E-state index in [0.717, 1.165) is 0 Å². The average Bonchev–Trinajstić information content (AvgIpc) is 2.71. The summed E-state index contributed by atoms with van der Waals surface area (Å²) in [6, 6.07) is 14.6. The van der Waals surface area contributed by atoms with Gasteiger partial charge in [-0.1, -0.05) is 24.3 Å². The van der Waals surface area contributed by atoms with E-state index >= 15 is 0 Å². The van der Waals surface area contributed by atoms with E-state index in [1.807, 2.05) is 6.07 Å². The van der Waals surface area contributed by atoms with E-state index in [1.165, 1.54) is 25.1 Å². The van der Waals surface area contributed by atoms with Crippen LogP contribution in [0.5, 0.6) is 0 Å². The first kappa shape index (κ1) is 19.2. The van der Waals surface area contributed by atoms with E-state index in [2.05, 4.69) is 16.9 Å². The number of hydrogen-bond acceptors (Lipinski definition) is 4. The van der Waals surface area contributed by atoms with Crippen molar-refractivity contribution in [2.45, 2.75) is 13.0 Å². The van der Waals surface area contributed by atoms with Crippen LogP contribution in [-0.2, 0) is 9.53 Å². The third kappa shape index (κ3) is 4.23. The summed E-state index contributed by atoms with van der Waals surface area (Å²) in [6.07, 6.45) is 0.575. The fourth-order valence-corrected chi connectivity index (χ4v) is 2.71. The number of nitrogens with one attached hydrogen (secondary N) is 1. The topological polar surface area (TPSA) is 68.3 Å². The molecule has 0 bridgehead atoms. The summed E-state index contributed by atoms with van der Waals surface area (Å²) < 4.78 is 18.6. The maximum absolute atomic E-state index is 13.2. The van der Waals surface area contributed by atoms with Crippen LogP contribution in [0, 0.1) is 5.82 Å². The molecule has 2 aromatic carbocycles. The van der Waals surface area contributed by atoms with Crippen LogP contribution in [0.1, 0.15) is 17.3 Å². The van der Waals surface area contributed by atoms with Crippen LogP contribution in [0.25, 0.3) is 22.2 Å². The first-order valence-corrected chi connectivity index (χ1v) is 8.75. The normalized spacial score (nSPS) is 11.6. The number of hydrogen-bond donors (Lipinski definition) is 1. The van der Waals surface area contributed by atoms with Crippen LogP contribution in [0.4, 0.5) is 4.39 Å². The summed E-state index contributed by atoms with van der Waals surface area (Å²) in [4.78, 5) is 29.3. The molecule has 0 saturated heterocycles. The standard InChI is InChI=1S/C22H19FN2O3/c1-3-12-24-21(26)14(2)28-22(27)18-13-20(15-8-10-16(23)11-9-15)25-19-7-5-4-6-17(18)19/h3-11,13-14H,1,12H2,2H3,(H,24,26). The zero-order valence-corrected chi connectivity index (χ0v) is 15.3. The molecule has 0 radical (unpaired) electrons. The Morgan fingerprint density at radius 3 is 2.64 bits per heavy atom. The molecule has 1 atom stereocenters. The third-order valence-corrected chi connectivity index (χ3v) is 4.15. The SMILES string of the molecule is C=CCNC(=O)C(C)OC(=O)c1cc(-c2ccc(F)cc2)nc2ccccc12. The summed E-state index contributed by atoms with van der Waals surface area (Å²) in [5, 5.41) is 3.19. The number of halogens is 1. The van der Waals surface area contributed by atoms with Gasteiger partial charge in [0.1, 0.15) is 5.82 Å². The number of carbonyl (C=O) groups is 2. The summed E-state index contributed by atoms with van der Waals surface area (Å²) in [6.45, 7) is 5.31. The largest absolute Gasteiger partial charge is 0.449 e. The van der Waals surface area contributed by atoms with Crippen molar-refractivity contribution in [1.82, 2.24) is 10.3 Å². The number of esters is 1. The zero-order chi connectivity index (χ0) is 20.1. The molecular weight excluding hydrogens is 359 g/mol. The lowest BCUT2D eigenvalue weighted by molar-refractivity contribution is -0.128. The van der Waals surface area contributed by atoms with Gasteiger partial charge >= 0.3 is 5.97 Å². The van der Waals surface area contributed by atoms with Crippen LogP contribution in [0.3, 0.4) is 0 Å². The number of fused-ring (bicyclic) bond motifs is 1. The fraction of sp³-hybridized carbons (Fsp3) is 0.136. The summed E-state index contributed by atoms with van der Waals surface area (Å²) >= 11 is 0. The predicted molar refractivity (Wildman–Crippen MR) is 105 cm³/mol. The quantitative estimate of drug-likeness (QED) is 0.522. The number of nitrogens with zero attached hydrogens (tertiary/aromatic N) is 1. The number of aromatic nitrogens is 1. The van der Waals surface area contributed by atoms with Crippen molar-refractivity contribution in [1.29, 1.82) is 0 Å². The molecule has 0 aliphatic rings. The third-order valence-electron chi connectivity index (χ3n) is 4.15. The molecule has 0 spiro atoms. The van der Waals surface area contributed by atoms with Gasteiger partial charge in [-0.2, -0.15) is 0 Å². The summed E-state index contributed by atoms with van der Waals surface area (Å²) in [5.74, 6) is -1.41. The molecule has 0 aliphatic carbocycles. The minimum Gasteiger partial charge on any atom is -0.449 e. The lowest BCUT2D eigenvalue weighted by Crippen LogP contribution is -2.35. The van der Waals surface area contributed by atoms with Crippen molar-refractivity contribution in [2.75, 3.05) is 6.54 Å². The second-order valence-electron chi connectivity index (χ2n) is 6.16. The molecule has 1 aromatic heterocycles. The Bertz CT molecular complexity index is 1030. The molecule has 3 rings (SSSR count).